The van der Waals surface area contributed by atoms with Crippen LogP contribution < -0.4 is 11.1 Å². The van der Waals surface area contributed by atoms with Gasteiger partial charge in [0, 0.05) is 19.0 Å². The van der Waals surface area contributed by atoms with Crippen LogP contribution in [0, 0.1) is 17.8 Å². The monoisotopic (exact) mass is 244 g/mol. The molecule has 0 aliphatic rings. The SMILES string of the molecule is CC#CCCNC(=O)C(C)C(N)c1ccccc1. The van der Waals surface area contributed by atoms with Crippen molar-refractivity contribution in [2.24, 2.45) is 11.7 Å². The smallest absolute Gasteiger partial charge is 0.224 e. The standard InChI is InChI=1S/C15H20N2O/c1-3-4-8-11-17-15(18)12(2)14(16)13-9-6-5-7-10-13/h5-7,9-10,12,14H,8,11,16H2,1-2H3,(H,17,18). The fourth-order valence-corrected chi connectivity index (χ4v) is 1.66. The number of carbonyl (C=O) groups is 1. The molecule has 0 saturated carbocycles. The van der Waals surface area contributed by atoms with Crippen LogP contribution in [0.5, 0.6) is 0 Å². The Hall–Kier alpha value is -1.79. The lowest BCUT2D eigenvalue weighted by molar-refractivity contribution is -0.125. The Kier molecular flexibility index (Phi) is 5.96. The van der Waals surface area contributed by atoms with E-state index in [2.05, 4.69) is 17.2 Å². The summed E-state index contributed by atoms with van der Waals surface area (Å²) in [6, 6.07) is 9.40. The molecule has 0 aliphatic carbocycles. The van der Waals surface area contributed by atoms with Gasteiger partial charge in [0.15, 0.2) is 0 Å². The number of amides is 1. The highest BCUT2D eigenvalue weighted by Crippen LogP contribution is 2.18. The van der Waals surface area contributed by atoms with Gasteiger partial charge in [0.25, 0.3) is 0 Å². The Morgan fingerprint density at radius 1 is 1.39 bits per heavy atom. The van der Waals surface area contributed by atoms with Crippen molar-refractivity contribution in [3.8, 4) is 11.8 Å². The molecule has 0 heterocycles. The van der Waals surface area contributed by atoms with Crippen molar-refractivity contribution in [2.75, 3.05) is 6.54 Å². The van der Waals surface area contributed by atoms with Gasteiger partial charge in [-0.1, -0.05) is 37.3 Å². The van der Waals surface area contributed by atoms with E-state index < -0.39 is 0 Å². The fourth-order valence-electron chi connectivity index (χ4n) is 1.66. The maximum absolute atomic E-state index is 11.9. The quantitative estimate of drug-likeness (QED) is 0.613. The zero-order valence-corrected chi connectivity index (χ0v) is 10.9. The van der Waals surface area contributed by atoms with Gasteiger partial charge in [0.1, 0.15) is 0 Å². The largest absolute Gasteiger partial charge is 0.355 e. The van der Waals surface area contributed by atoms with Crippen molar-refractivity contribution in [1.29, 1.82) is 0 Å². The molecule has 2 unspecified atom stereocenters. The molecule has 3 N–H and O–H groups in total. The van der Waals surface area contributed by atoms with Gasteiger partial charge in [-0.05, 0) is 12.5 Å². The van der Waals surface area contributed by atoms with E-state index >= 15 is 0 Å². The van der Waals surface area contributed by atoms with E-state index in [9.17, 15) is 4.79 Å². The van der Waals surface area contributed by atoms with E-state index in [4.69, 9.17) is 5.73 Å². The van der Waals surface area contributed by atoms with Crippen molar-refractivity contribution in [3.05, 3.63) is 35.9 Å². The van der Waals surface area contributed by atoms with Gasteiger partial charge in [0.2, 0.25) is 5.91 Å². The Labute approximate surface area is 109 Å². The highest BCUT2D eigenvalue weighted by Gasteiger charge is 2.21. The summed E-state index contributed by atoms with van der Waals surface area (Å²) >= 11 is 0. The normalized spacial score (nSPS) is 13.1. The van der Waals surface area contributed by atoms with Gasteiger partial charge in [-0.3, -0.25) is 4.79 Å². The minimum Gasteiger partial charge on any atom is -0.355 e. The van der Waals surface area contributed by atoms with Gasteiger partial charge in [0.05, 0.1) is 5.92 Å². The molecule has 0 spiro atoms. The topological polar surface area (TPSA) is 55.1 Å². The first-order chi connectivity index (χ1) is 8.66. The summed E-state index contributed by atoms with van der Waals surface area (Å²) in [4.78, 5) is 11.9. The van der Waals surface area contributed by atoms with Crippen molar-refractivity contribution >= 4 is 5.91 Å². The third kappa shape index (κ3) is 4.23. The summed E-state index contributed by atoms with van der Waals surface area (Å²) in [7, 11) is 0. The summed E-state index contributed by atoms with van der Waals surface area (Å²) in [6.45, 7) is 4.21. The molecule has 0 radical (unpaired) electrons. The number of hydrogen-bond donors (Lipinski definition) is 2. The molecule has 3 nitrogen and oxygen atoms in total. The average Bonchev–Trinajstić information content (AvgIpc) is 2.42. The predicted octanol–water partition coefficient (Wildman–Crippen LogP) is 1.85. The van der Waals surface area contributed by atoms with E-state index in [1.165, 1.54) is 0 Å². The molecule has 0 bridgehead atoms. The second-order valence-corrected chi connectivity index (χ2v) is 4.19. The van der Waals surface area contributed by atoms with Gasteiger partial charge in [-0.2, -0.15) is 0 Å². The molecule has 2 atom stereocenters. The molecule has 0 fully saturated rings. The molecule has 3 heteroatoms. The lowest BCUT2D eigenvalue weighted by Crippen LogP contribution is -2.35. The molecule has 1 aromatic carbocycles. The van der Waals surface area contributed by atoms with E-state index in [0.717, 1.165) is 5.56 Å². The maximum atomic E-state index is 11.9. The first-order valence-electron chi connectivity index (χ1n) is 6.14. The molecule has 0 saturated heterocycles. The van der Waals surface area contributed by atoms with Gasteiger partial charge in [-0.25, -0.2) is 0 Å². The fraction of sp³-hybridized carbons (Fsp3) is 0.400. The summed E-state index contributed by atoms with van der Waals surface area (Å²) in [5, 5.41) is 2.85. The molecule has 18 heavy (non-hydrogen) atoms. The lowest BCUT2D eigenvalue weighted by atomic mass is 9.95. The average molecular weight is 244 g/mol. The summed E-state index contributed by atoms with van der Waals surface area (Å²) in [5.74, 6) is 5.43. The molecule has 1 aromatic rings. The number of nitrogens with one attached hydrogen (secondary N) is 1. The summed E-state index contributed by atoms with van der Waals surface area (Å²) in [6.07, 6.45) is 0.676. The molecular weight excluding hydrogens is 224 g/mol. The second kappa shape index (κ2) is 7.52. The van der Waals surface area contributed by atoms with Crippen LogP contribution in [0.25, 0.3) is 0 Å². The molecule has 0 aliphatic heterocycles. The molecule has 96 valence electrons. The number of benzene rings is 1. The van der Waals surface area contributed by atoms with Crippen molar-refractivity contribution in [3.63, 3.8) is 0 Å². The van der Waals surface area contributed by atoms with Crippen LogP contribution in [0.4, 0.5) is 0 Å². The third-order valence-electron chi connectivity index (χ3n) is 2.86. The summed E-state index contributed by atoms with van der Waals surface area (Å²) in [5.41, 5.74) is 7.06. The zero-order chi connectivity index (χ0) is 13.4. The maximum Gasteiger partial charge on any atom is 0.224 e. The van der Waals surface area contributed by atoms with Crippen LogP contribution in [0.15, 0.2) is 30.3 Å². The Morgan fingerprint density at radius 3 is 2.67 bits per heavy atom. The highest BCUT2D eigenvalue weighted by molar-refractivity contribution is 5.79. The molecule has 1 rings (SSSR count). The van der Waals surface area contributed by atoms with Crippen LogP contribution >= 0.6 is 0 Å². The number of nitrogens with two attached hydrogens (primary N) is 1. The minimum atomic E-state index is -0.275. The summed E-state index contributed by atoms with van der Waals surface area (Å²) < 4.78 is 0. The molecular formula is C15H20N2O. The first-order valence-corrected chi connectivity index (χ1v) is 6.14. The Bertz CT molecular complexity index is 431. The van der Waals surface area contributed by atoms with Crippen LogP contribution in [0.3, 0.4) is 0 Å². The minimum absolute atomic E-state index is 0.0238. The van der Waals surface area contributed by atoms with Gasteiger partial charge >= 0.3 is 0 Å². The van der Waals surface area contributed by atoms with E-state index in [0.29, 0.717) is 13.0 Å². The molecule has 0 aromatic heterocycles. The highest BCUT2D eigenvalue weighted by atomic mass is 16.1. The Morgan fingerprint density at radius 2 is 2.06 bits per heavy atom. The zero-order valence-electron chi connectivity index (χ0n) is 10.9. The number of rotatable bonds is 5. The lowest BCUT2D eigenvalue weighted by Gasteiger charge is -2.19. The van der Waals surface area contributed by atoms with Gasteiger partial charge < -0.3 is 11.1 Å². The van der Waals surface area contributed by atoms with Gasteiger partial charge in [-0.15, -0.1) is 11.8 Å². The Balaban J connectivity index is 2.49. The number of hydrogen-bond acceptors (Lipinski definition) is 2. The van der Waals surface area contributed by atoms with Crippen LogP contribution in [0.2, 0.25) is 0 Å². The van der Waals surface area contributed by atoms with Crippen LogP contribution in [-0.2, 0) is 4.79 Å². The predicted molar refractivity (Wildman–Crippen MR) is 73.6 cm³/mol. The molecule has 1 amide bonds. The van der Waals surface area contributed by atoms with E-state index in [1.54, 1.807) is 6.92 Å². The van der Waals surface area contributed by atoms with Crippen LogP contribution in [-0.4, -0.2) is 12.5 Å². The van der Waals surface area contributed by atoms with E-state index in [1.807, 2.05) is 37.3 Å². The van der Waals surface area contributed by atoms with Crippen LogP contribution in [0.1, 0.15) is 31.9 Å². The third-order valence-corrected chi connectivity index (χ3v) is 2.86. The van der Waals surface area contributed by atoms with Crippen molar-refractivity contribution < 1.29 is 4.79 Å². The van der Waals surface area contributed by atoms with Crippen molar-refractivity contribution in [2.45, 2.75) is 26.3 Å². The van der Waals surface area contributed by atoms with Crippen molar-refractivity contribution in [1.82, 2.24) is 5.32 Å². The first kappa shape index (κ1) is 14.3. The van der Waals surface area contributed by atoms with E-state index in [-0.39, 0.29) is 17.9 Å². The number of carbonyl (C=O) groups excluding carboxylic acids is 1. The second-order valence-electron chi connectivity index (χ2n) is 4.19.